The van der Waals surface area contributed by atoms with E-state index in [-0.39, 0.29) is 21.7 Å². The molecule has 3 aromatic rings. The number of aromatic nitrogens is 1. The van der Waals surface area contributed by atoms with E-state index in [9.17, 15) is 23.9 Å². The van der Waals surface area contributed by atoms with Crippen molar-refractivity contribution in [1.82, 2.24) is 14.8 Å². The second-order valence-electron chi connectivity index (χ2n) is 8.01. The van der Waals surface area contributed by atoms with Gasteiger partial charge in [-0.15, -0.1) is 0 Å². The van der Waals surface area contributed by atoms with Gasteiger partial charge in [0, 0.05) is 49.9 Å². The van der Waals surface area contributed by atoms with E-state index in [1.54, 1.807) is 27.4 Å². The number of fused-ring (bicyclic) bond motifs is 1. The van der Waals surface area contributed by atoms with Gasteiger partial charge in [-0.3, -0.25) is 14.9 Å². The third-order valence-electron chi connectivity index (χ3n) is 5.94. The van der Waals surface area contributed by atoms with Crippen LogP contribution in [0, 0.1) is 11.6 Å². The number of carboxylic acids is 1. The Morgan fingerprint density at radius 1 is 1.09 bits per heavy atom. The summed E-state index contributed by atoms with van der Waals surface area (Å²) < 4.78 is 29.7. The highest BCUT2D eigenvalue weighted by atomic mass is 32.1. The first-order chi connectivity index (χ1) is 16.7. The summed E-state index contributed by atoms with van der Waals surface area (Å²) in [4.78, 5) is 39.7. The van der Waals surface area contributed by atoms with Crippen LogP contribution >= 0.6 is 12.2 Å². The van der Waals surface area contributed by atoms with E-state index in [0.29, 0.717) is 38.2 Å². The van der Waals surface area contributed by atoms with E-state index in [4.69, 9.17) is 12.2 Å². The van der Waals surface area contributed by atoms with Crippen LogP contribution in [0.15, 0.2) is 47.4 Å². The van der Waals surface area contributed by atoms with E-state index in [1.165, 1.54) is 30.5 Å². The molecule has 182 valence electrons. The first-order valence-corrected chi connectivity index (χ1v) is 11.3. The second-order valence-corrected chi connectivity index (χ2v) is 8.39. The summed E-state index contributed by atoms with van der Waals surface area (Å²) in [5.74, 6) is -3.15. The fourth-order valence-corrected chi connectivity index (χ4v) is 4.32. The smallest absolute Gasteiger partial charge is 0.257 e. The Morgan fingerprint density at radius 3 is 2.34 bits per heavy atom. The van der Waals surface area contributed by atoms with Gasteiger partial charge >= 0.3 is 0 Å². The molecule has 0 aliphatic carbocycles. The van der Waals surface area contributed by atoms with Crippen LogP contribution < -0.4 is 20.8 Å². The lowest BCUT2D eigenvalue weighted by Gasteiger charge is -2.37. The maximum Gasteiger partial charge on any atom is 0.257 e. The number of aryl methyl sites for hydroxylation is 1. The standard InChI is InChI=1S/C24H22F2N4O4S/c1-2-28-13-17(23(33)34)21(31)16-11-18(26)20(12-19(16)28)29-7-9-30(10-8-29)24(35)27-22(32)14-3-5-15(25)6-4-14/h3-6,11-13H,2,7-10H2,1H3,(H,33,34)(H,27,32,35)/p-1. The van der Waals surface area contributed by atoms with E-state index >= 15 is 4.39 Å². The Labute approximate surface area is 204 Å². The van der Waals surface area contributed by atoms with Crippen LogP contribution in [0.1, 0.15) is 27.6 Å². The molecule has 1 saturated heterocycles. The molecule has 0 spiro atoms. The van der Waals surface area contributed by atoms with Crippen molar-refractivity contribution in [1.29, 1.82) is 0 Å². The van der Waals surface area contributed by atoms with Crippen LogP contribution in [0.5, 0.6) is 0 Å². The highest BCUT2D eigenvalue weighted by Gasteiger charge is 2.24. The van der Waals surface area contributed by atoms with Gasteiger partial charge in [0.1, 0.15) is 11.6 Å². The zero-order valence-electron chi connectivity index (χ0n) is 18.7. The maximum absolute atomic E-state index is 15.0. The summed E-state index contributed by atoms with van der Waals surface area (Å²) >= 11 is 5.34. The number of anilines is 1. The molecule has 8 nitrogen and oxygen atoms in total. The molecule has 4 rings (SSSR count). The SMILES string of the molecule is CCn1cc(C(=O)[O-])c(=O)c2cc(F)c(N3CCN(C(=S)NC(=O)c4ccc(F)cc4)CC3)cc21. The molecule has 1 amide bonds. The summed E-state index contributed by atoms with van der Waals surface area (Å²) in [7, 11) is 0. The number of amides is 1. The molecule has 0 radical (unpaired) electrons. The second kappa shape index (κ2) is 9.79. The van der Waals surface area contributed by atoms with Crippen molar-refractivity contribution in [3.63, 3.8) is 0 Å². The minimum Gasteiger partial charge on any atom is -0.545 e. The predicted octanol–water partition coefficient (Wildman–Crippen LogP) is 1.50. The zero-order valence-corrected chi connectivity index (χ0v) is 19.5. The van der Waals surface area contributed by atoms with Crippen molar-refractivity contribution >= 4 is 45.8 Å². The summed E-state index contributed by atoms with van der Waals surface area (Å²) in [6.07, 6.45) is 1.21. The monoisotopic (exact) mass is 499 g/mol. The number of aromatic carboxylic acids is 1. The zero-order chi connectivity index (χ0) is 25.3. The number of hydrogen-bond acceptors (Lipinski definition) is 6. The maximum atomic E-state index is 15.0. The molecule has 0 bridgehead atoms. The van der Waals surface area contributed by atoms with E-state index in [1.807, 2.05) is 0 Å². The van der Waals surface area contributed by atoms with Crippen molar-refractivity contribution in [2.75, 3.05) is 31.1 Å². The number of carbonyl (C=O) groups excluding carboxylic acids is 2. The van der Waals surface area contributed by atoms with Gasteiger partial charge in [0.2, 0.25) is 0 Å². The molecule has 1 fully saturated rings. The summed E-state index contributed by atoms with van der Waals surface area (Å²) in [5.41, 5.74) is -0.336. The number of rotatable bonds is 4. The average molecular weight is 500 g/mol. The van der Waals surface area contributed by atoms with Crippen LogP contribution in [0.4, 0.5) is 14.5 Å². The van der Waals surface area contributed by atoms with Gasteiger partial charge < -0.3 is 24.3 Å². The first-order valence-electron chi connectivity index (χ1n) is 10.9. The number of piperazine rings is 1. The van der Waals surface area contributed by atoms with Gasteiger partial charge in [-0.1, -0.05) is 0 Å². The highest BCUT2D eigenvalue weighted by Crippen LogP contribution is 2.26. The molecule has 1 aromatic heterocycles. The van der Waals surface area contributed by atoms with E-state index in [2.05, 4.69) is 5.32 Å². The largest absolute Gasteiger partial charge is 0.545 e. The van der Waals surface area contributed by atoms with Gasteiger partial charge in [-0.05, 0) is 55.5 Å². The molecule has 0 atom stereocenters. The summed E-state index contributed by atoms with van der Waals surface area (Å²) in [6, 6.07) is 7.70. The minimum atomic E-state index is -1.61. The van der Waals surface area contributed by atoms with Gasteiger partial charge in [0.15, 0.2) is 10.5 Å². The number of benzene rings is 2. The molecular formula is C24H21F2N4O4S-. The number of halogens is 2. The molecule has 35 heavy (non-hydrogen) atoms. The Hall–Kier alpha value is -3.86. The van der Waals surface area contributed by atoms with E-state index < -0.39 is 34.5 Å². The summed E-state index contributed by atoms with van der Waals surface area (Å²) in [5, 5.41) is 14.1. The molecule has 2 heterocycles. The molecule has 0 unspecified atom stereocenters. The van der Waals surface area contributed by atoms with Gasteiger partial charge in [-0.25, -0.2) is 8.78 Å². The van der Waals surface area contributed by atoms with Crippen molar-refractivity contribution in [3.8, 4) is 0 Å². The lowest BCUT2D eigenvalue weighted by molar-refractivity contribution is -0.255. The van der Waals surface area contributed by atoms with Crippen LogP contribution in [0.3, 0.4) is 0 Å². The normalized spacial score (nSPS) is 13.7. The predicted molar refractivity (Wildman–Crippen MR) is 128 cm³/mol. The van der Waals surface area contributed by atoms with Gasteiger partial charge in [-0.2, -0.15) is 0 Å². The van der Waals surface area contributed by atoms with Crippen molar-refractivity contribution in [2.24, 2.45) is 0 Å². The number of carbonyl (C=O) groups is 2. The number of hydrogen-bond donors (Lipinski definition) is 1. The van der Waals surface area contributed by atoms with Gasteiger partial charge in [0.05, 0.1) is 22.7 Å². The summed E-state index contributed by atoms with van der Waals surface area (Å²) in [6.45, 7) is 3.75. The van der Waals surface area contributed by atoms with E-state index in [0.717, 1.165) is 6.07 Å². The van der Waals surface area contributed by atoms with Crippen LogP contribution in [-0.4, -0.2) is 52.6 Å². The van der Waals surface area contributed by atoms with Crippen molar-refractivity contribution in [3.05, 3.63) is 75.6 Å². The quantitative estimate of drug-likeness (QED) is 0.544. The highest BCUT2D eigenvalue weighted by molar-refractivity contribution is 7.80. The number of nitrogens with one attached hydrogen (secondary N) is 1. The number of carboxylic acid groups (broad SMARTS) is 1. The molecule has 1 aliphatic rings. The fraction of sp³-hybridized carbons (Fsp3) is 0.250. The Kier molecular flexibility index (Phi) is 6.79. The third kappa shape index (κ3) is 4.85. The first kappa shape index (κ1) is 24.3. The third-order valence-corrected chi connectivity index (χ3v) is 6.30. The van der Waals surface area contributed by atoms with Gasteiger partial charge in [0.25, 0.3) is 5.91 Å². The van der Waals surface area contributed by atoms with Crippen molar-refractivity contribution < 1.29 is 23.5 Å². The molecule has 1 N–H and O–H groups in total. The fourth-order valence-electron chi connectivity index (χ4n) is 4.05. The molecule has 1 aliphatic heterocycles. The Morgan fingerprint density at radius 2 is 1.74 bits per heavy atom. The molecule has 2 aromatic carbocycles. The van der Waals surface area contributed by atoms with Crippen LogP contribution in [0.2, 0.25) is 0 Å². The topological polar surface area (TPSA) is 97.7 Å². The lowest BCUT2D eigenvalue weighted by Crippen LogP contribution is -2.52. The van der Waals surface area contributed by atoms with Crippen LogP contribution in [0.25, 0.3) is 10.9 Å². The number of nitrogens with zero attached hydrogens (tertiary/aromatic N) is 3. The van der Waals surface area contributed by atoms with Crippen molar-refractivity contribution in [2.45, 2.75) is 13.5 Å². The average Bonchev–Trinajstić information content (AvgIpc) is 2.84. The Bertz CT molecular complexity index is 1380. The Balaban J connectivity index is 1.50. The molecular weight excluding hydrogens is 478 g/mol. The minimum absolute atomic E-state index is 0.0295. The number of pyridine rings is 1. The molecule has 11 heteroatoms. The lowest BCUT2D eigenvalue weighted by atomic mass is 10.1. The van der Waals surface area contributed by atoms with Crippen LogP contribution in [-0.2, 0) is 6.54 Å². The number of thiocarbonyl (C=S) groups is 1. The molecule has 0 saturated carbocycles.